The number of hydrogen-bond donors (Lipinski definition) is 0. The third-order valence-electron chi connectivity index (χ3n) is 3.40. The Balaban J connectivity index is 1.96. The van der Waals surface area contributed by atoms with Crippen molar-refractivity contribution >= 4 is 29.3 Å². The zero-order valence-electron chi connectivity index (χ0n) is 13.6. The van der Waals surface area contributed by atoms with Gasteiger partial charge in [-0.05, 0) is 25.5 Å². The molecule has 0 amide bonds. The van der Waals surface area contributed by atoms with Gasteiger partial charge in [0.2, 0.25) is 23.0 Å². The van der Waals surface area contributed by atoms with Crippen molar-refractivity contribution in [1.82, 2.24) is 5.16 Å². The predicted molar refractivity (Wildman–Crippen MR) is 87.4 cm³/mol. The lowest BCUT2D eigenvalue weighted by atomic mass is 10.00. The number of fused-ring (bicyclic) bond motifs is 1. The Morgan fingerprint density at radius 2 is 2.08 bits per heavy atom. The maximum absolute atomic E-state index is 12.5. The summed E-state index contributed by atoms with van der Waals surface area (Å²) in [6.07, 6.45) is 4.08. The van der Waals surface area contributed by atoms with Crippen LogP contribution in [0, 0.1) is 0 Å². The highest BCUT2D eigenvalue weighted by atomic mass is 32.2. The maximum Gasteiger partial charge on any atom is 0.361 e. The van der Waals surface area contributed by atoms with Gasteiger partial charge in [0.25, 0.3) is 0 Å². The van der Waals surface area contributed by atoms with Gasteiger partial charge in [-0.2, -0.15) is 0 Å². The largest absolute Gasteiger partial charge is 0.464 e. The number of hydrogen-bond acceptors (Lipinski definition) is 8. The van der Waals surface area contributed by atoms with Crippen molar-refractivity contribution in [2.75, 3.05) is 26.1 Å². The number of allylic oxidation sites excluding steroid dienone is 2. The zero-order valence-corrected chi connectivity index (χ0v) is 14.4. The van der Waals surface area contributed by atoms with Crippen LogP contribution in [0.2, 0.25) is 0 Å². The molecule has 1 heterocycles. The highest BCUT2D eigenvalue weighted by Crippen LogP contribution is 2.31. The maximum atomic E-state index is 12.5. The monoisotopic (exact) mass is 353 g/mol. The fraction of sp³-hybridized carbons (Fsp3) is 0.500. The summed E-state index contributed by atoms with van der Waals surface area (Å²) in [5.41, 5.74) is -0.359. The summed E-state index contributed by atoms with van der Waals surface area (Å²) in [5.74, 6) is -1.20. The number of carbonyl (C=O) groups excluding carboxylic acids is 3. The molecule has 8 heteroatoms. The molecule has 1 aromatic rings. The summed E-state index contributed by atoms with van der Waals surface area (Å²) in [5, 5.41) is 3.49. The Morgan fingerprint density at radius 3 is 2.79 bits per heavy atom. The Kier molecular flexibility index (Phi) is 6.74. The molecule has 1 aliphatic rings. The molecular weight excluding hydrogens is 334 g/mol. The zero-order chi connectivity index (χ0) is 17.5. The van der Waals surface area contributed by atoms with E-state index in [4.69, 9.17) is 9.26 Å². The molecule has 0 fully saturated rings. The Bertz CT molecular complexity index is 664. The number of thioether (sulfide) groups is 1. The van der Waals surface area contributed by atoms with E-state index in [1.807, 2.05) is 6.92 Å². The minimum atomic E-state index is -0.802. The lowest BCUT2D eigenvalue weighted by molar-refractivity contribution is 0.0586. The van der Waals surface area contributed by atoms with Gasteiger partial charge in [0.15, 0.2) is 0 Å². The number of carbonyl (C=O) groups is 3. The van der Waals surface area contributed by atoms with E-state index in [2.05, 4.69) is 9.89 Å². The number of Topliss-reactive ketones (excluding diaryl/α,β-unsaturated/α-hetero) is 1. The molecule has 0 radical (unpaired) electrons. The molecule has 0 aliphatic heterocycles. The number of ketones is 2. The van der Waals surface area contributed by atoms with Crippen LogP contribution in [-0.2, 0) is 9.47 Å². The number of esters is 1. The summed E-state index contributed by atoms with van der Waals surface area (Å²) in [6.45, 7) is 3.39. The predicted octanol–water partition coefficient (Wildman–Crippen LogP) is 2.66. The van der Waals surface area contributed by atoms with E-state index in [1.54, 1.807) is 0 Å². The Hall–Kier alpha value is -1.93. The lowest BCUT2D eigenvalue weighted by Crippen LogP contribution is -2.17. The van der Waals surface area contributed by atoms with Crippen molar-refractivity contribution in [3.8, 4) is 0 Å². The van der Waals surface area contributed by atoms with Crippen molar-refractivity contribution in [2.45, 2.75) is 26.2 Å². The molecule has 130 valence electrons. The number of methoxy groups -OCH3 is 1. The molecule has 24 heavy (non-hydrogen) atoms. The Labute approximate surface area is 143 Å². The summed E-state index contributed by atoms with van der Waals surface area (Å²) in [7, 11) is 1.17. The molecule has 1 aliphatic carbocycles. The second-order valence-corrected chi connectivity index (χ2v) is 6.17. The van der Waals surface area contributed by atoms with Gasteiger partial charge in [-0.15, -0.1) is 11.8 Å². The van der Waals surface area contributed by atoms with Gasteiger partial charge in [-0.1, -0.05) is 11.6 Å². The van der Waals surface area contributed by atoms with Gasteiger partial charge >= 0.3 is 5.97 Å². The van der Waals surface area contributed by atoms with Crippen molar-refractivity contribution < 1.29 is 28.4 Å². The number of nitrogens with zero attached hydrogens (tertiary/aromatic N) is 1. The lowest BCUT2D eigenvalue weighted by Gasteiger charge is -2.10. The number of unbranched alkanes of at least 4 members (excludes halogenated alkanes) is 2. The van der Waals surface area contributed by atoms with Crippen molar-refractivity contribution in [2.24, 2.45) is 0 Å². The first kappa shape index (κ1) is 18.4. The van der Waals surface area contributed by atoms with Crippen LogP contribution in [0.5, 0.6) is 0 Å². The van der Waals surface area contributed by atoms with E-state index in [1.165, 1.54) is 24.9 Å². The molecule has 0 saturated heterocycles. The van der Waals surface area contributed by atoms with Crippen molar-refractivity contribution in [1.29, 1.82) is 0 Å². The first-order valence-electron chi connectivity index (χ1n) is 7.69. The average molecular weight is 353 g/mol. The smallest absolute Gasteiger partial charge is 0.361 e. The van der Waals surface area contributed by atoms with Gasteiger partial charge in [-0.3, -0.25) is 9.59 Å². The average Bonchev–Trinajstić information content (AvgIpc) is 3.03. The molecule has 0 N–H and O–H groups in total. The number of aromatic nitrogens is 1. The highest BCUT2D eigenvalue weighted by Gasteiger charge is 2.36. The molecule has 0 spiro atoms. The van der Waals surface area contributed by atoms with E-state index in [9.17, 15) is 14.4 Å². The molecule has 0 saturated carbocycles. The van der Waals surface area contributed by atoms with Crippen LogP contribution in [0.1, 0.15) is 57.6 Å². The highest BCUT2D eigenvalue weighted by molar-refractivity contribution is 8.04. The van der Waals surface area contributed by atoms with Gasteiger partial charge in [0.1, 0.15) is 5.56 Å². The third-order valence-corrected chi connectivity index (χ3v) is 4.51. The normalized spacial score (nSPS) is 13.7. The molecule has 0 aromatic carbocycles. The quantitative estimate of drug-likeness (QED) is 0.494. The first-order valence-corrected chi connectivity index (χ1v) is 8.68. The van der Waals surface area contributed by atoms with Gasteiger partial charge in [0.05, 0.1) is 12.0 Å². The SMILES string of the molecule is CCOCCCCCSC1=CC(=O)c2onc(C(=O)OC)c2C1=O. The van der Waals surface area contributed by atoms with Crippen LogP contribution in [0.3, 0.4) is 0 Å². The fourth-order valence-corrected chi connectivity index (χ4v) is 3.19. The van der Waals surface area contributed by atoms with Crippen LogP contribution in [0.15, 0.2) is 15.5 Å². The third kappa shape index (κ3) is 4.12. The molecule has 7 nitrogen and oxygen atoms in total. The van der Waals surface area contributed by atoms with Gasteiger partial charge in [-0.25, -0.2) is 4.79 Å². The molecular formula is C16H19NO6S. The number of ether oxygens (including phenoxy) is 2. The summed E-state index contributed by atoms with van der Waals surface area (Å²) in [4.78, 5) is 36.5. The van der Waals surface area contributed by atoms with Crippen molar-refractivity contribution in [3.63, 3.8) is 0 Å². The standard InChI is InChI=1S/C16H19NO6S/c1-3-22-7-5-4-6-8-24-11-9-10(18)15-12(14(11)19)13(17-23-15)16(20)21-2/h9H,3-8H2,1-2H3. The minimum absolute atomic E-state index is 0.104. The first-order chi connectivity index (χ1) is 11.6. The van der Waals surface area contributed by atoms with Crippen LogP contribution in [0.25, 0.3) is 0 Å². The molecule has 0 unspecified atom stereocenters. The van der Waals surface area contributed by atoms with E-state index >= 15 is 0 Å². The summed E-state index contributed by atoms with van der Waals surface area (Å²) >= 11 is 1.30. The fourth-order valence-electron chi connectivity index (χ4n) is 2.19. The van der Waals surface area contributed by atoms with E-state index in [-0.39, 0.29) is 17.0 Å². The van der Waals surface area contributed by atoms with Gasteiger partial charge in [0, 0.05) is 19.3 Å². The minimum Gasteiger partial charge on any atom is -0.464 e. The van der Waals surface area contributed by atoms with E-state index < -0.39 is 17.5 Å². The molecule has 1 aromatic heterocycles. The van der Waals surface area contributed by atoms with E-state index in [0.29, 0.717) is 17.3 Å². The second kappa shape index (κ2) is 8.79. The number of rotatable bonds is 9. The molecule has 2 rings (SSSR count). The van der Waals surface area contributed by atoms with Crippen LogP contribution < -0.4 is 0 Å². The second-order valence-electron chi connectivity index (χ2n) is 5.03. The Morgan fingerprint density at radius 1 is 1.29 bits per heavy atom. The summed E-state index contributed by atoms with van der Waals surface area (Å²) < 4.78 is 14.7. The molecule has 0 bridgehead atoms. The summed E-state index contributed by atoms with van der Waals surface area (Å²) in [6, 6.07) is 0. The van der Waals surface area contributed by atoms with Crippen LogP contribution >= 0.6 is 11.8 Å². The van der Waals surface area contributed by atoms with Gasteiger partial charge < -0.3 is 14.0 Å². The van der Waals surface area contributed by atoms with Crippen LogP contribution in [-0.4, -0.2) is 48.8 Å². The van der Waals surface area contributed by atoms with Crippen molar-refractivity contribution in [3.05, 3.63) is 28.0 Å². The van der Waals surface area contributed by atoms with Crippen LogP contribution in [0.4, 0.5) is 0 Å². The molecule has 0 atom stereocenters. The topological polar surface area (TPSA) is 95.7 Å². The van der Waals surface area contributed by atoms with E-state index in [0.717, 1.165) is 25.9 Å².